The summed E-state index contributed by atoms with van der Waals surface area (Å²) in [6, 6.07) is 30.4. The molecule has 111 heavy (non-hydrogen) atoms. The Kier molecular flexibility index (Phi) is 25.4. The first-order chi connectivity index (χ1) is 51.9. The second-order valence-corrected chi connectivity index (χ2v) is 32.1. The number of carbonyl (C=O) groups is 7. The Bertz CT molecular complexity index is 5100. The molecule has 4 heterocycles. The third-order valence-corrected chi connectivity index (χ3v) is 25.7. The second-order valence-electron chi connectivity index (χ2n) is 28.9. The number of aliphatic carboxylic acids is 1. The van der Waals surface area contributed by atoms with Crippen molar-refractivity contribution in [1.82, 2.24) is 19.4 Å². The number of amides is 2. The summed E-state index contributed by atoms with van der Waals surface area (Å²) in [7, 11) is -2.40. The number of fused-ring (bicyclic) bond motifs is 10. The molecule has 0 spiro atoms. The number of ketones is 3. The van der Waals surface area contributed by atoms with Crippen LogP contribution in [-0.2, 0) is 56.3 Å². The first kappa shape index (κ1) is 85.3. The van der Waals surface area contributed by atoms with Crippen molar-refractivity contribution in [2.45, 2.75) is 133 Å². The van der Waals surface area contributed by atoms with Gasteiger partial charge < -0.3 is 35.4 Å². The summed E-state index contributed by atoms with van der Waals surface area (Å²) in [6.45, 7) is 16.6. The number of nitrogens with zero attached hydrogens (tertiary/aromatic N) is 7. The number of azide groups is 1. The molecular formula is C80H84Cl3F4N8NaO14S. The van der Waals surface area contributed by atoms with Crippen LogP contribution in [-0.4, -0.2) is 166 Å². The van der Waals surface area contributed by atoms with Gasteiger partial charge in [0.25, 0.3) is 5.91 Å². The average molecular weight is 1620 g/mol. The zero-order valence-corrected chi connectivity index (χ0v) is 68.0. The molecule has 2 N–H and O–H groups in total. The van der Waals surface area contributed by atoms with Gasteiger partial charge in [0.15, 0.2) is 28.7 Å². The number of carboxylic acid groups (broad SMARTS) is 1. The molecule has 3 saturated carbocycles. The molecular weight excluding hydrogens is 1530 g/mol. The number of aromatic amines is 1. The molecule has 5 aromatic carbocycles. The average Bonchev–Trinajstić information content (AvgIpc) is 1.44. The smallest absolute Gasteiger partial charge is 1.00 e. The summed E-state index contributed by atoms with van der Waals surface area (Å²) in [5.74, 6) is -3.16. The van der Waals surface area contributed by atoms with Crippen LogP contribution in [0.5, 0.6) is 5.75 Å². The normalized spacial score (nSPS) is 25.7. The number of hydrogen-bond acceptors (Lipinski definition) is 15. The zero-order chi connectivity index (χ0) is 80.1. The predicted octanol–water partition coefficient (Wildman–Crippen LogP) is 13.1. The second kappa shape index (κ2) is 33.1. The Morgan fingerprint density at radius 2 is 1.58 bits per heavy atom. The number of H-pyrrole nitrogens is 1. The van der Waals surface area contributed by atoms with Crippen LogP contribution in [0.15, 0.2) is 156 Å². The van der Waals surface area contributed by atoms with E-state index in [-0.39, 0.29) is 109 Å². The van der Waals surface area contributed by atoms with Crippen molar-refractivity contribution in [1.29, 1.82) is 0 Å². The first-order valence-electron chi connectivity index (χ1n) is 35.7. The van der Waals surface area contributed by atoms with Gasteiger partial charge in [-0.3, -0.25) is 38.2 Å². The number of sulfonamides is 1. The predicted molar refractivity (Wildman–Crippen MR) is 410 cm³/mol. The Labute approximate surface area is 677 Å². The summed E-state index contributed by atoms with van der Waals surface area (Å²) < 4.78 is 102. The molecule has 7 aromatic rings. The number of hydrogen-bond donors (Lipinski definition) is 2. The van der Waals surface area contributed by atoms with Gasteiger partial charge in [-0.1, -0.05) is 97.8 Å². The fourth-order valence-corrected chi connectivity index (χ4v) is 19.7. The van der Waals surface area contributed by atoms with Gasteiger partial charge in [-0.15, -0.1) is 34.8 Å². The topological polar surface area (TPSA) is 290 Å². The van der Waals surface area contributed by atoms with E-state index in [1.54, 1.807) is 87.5 Å². The molecule has 2 aliphatic heterocycles. The zero-order valence-electron chi connectivity index (χ0n) is 63.9. The molecule has 7 aliphatic rings. The largest absolute Gasteiger partial charge is 1.00 e. The number of likely N-dealkylation sites (N-methyl/N-ethyl adjacent to an activating group) is 1. The molecule has 2 aromatic heterocycles. The monoisotopic (exact) mass is 1620 g/mol. The van der Waals surface area contributed by atoms with E-state index in [1.807, 2.05) is 18.7 Å². The Morgan fingerprint density at radius 1 is 0.901 bits per heavy atom. The molecule has 5 aliphatic carbocycles. The molecule has 14 rings (SSSR count). The van der Waals surface area contributed by atoms with E-state index in [1.165, 1.54) is 82.6 Å². The fraction of sp³-hybridized carbons (Fsp3) is 0.412. The van der Waals surface area contributed by atoms with Crippen molar-refractivity contribution in [3.8, 4) is 5.75 Å². The standard InChI is InChI=1S/C24H28Cl3FO4.C20H25N3O.C19H16N4O4.C17H14F3NO5S.Na.H/c1-20(2)31-19-9-13-14-8-16(28)15-7-12(29)5-6-21(15,3)23(14,27)17(26)10-22(13,4)24(19,32-20)18(30)11-25;1-4-23(5-2)20(24)14-9-16-15-7-6-8-17-19(15)13(11-21-17)10-18(16)22(3)12-14;1-11-15(10-18(24)25)16-9-14(27-2)7-8-17(16)23(11)19(26)12-3-5-13(6-4-12)21-22-20;1-2-26-16(23)21(27(24,25)17(18,19)20)14-10-6-9-13(11-14)15(22)12-7-4-3-5-8-12;;/h5-7,13-14,16-17,19H,8-11H2,1-4H3;6-9,11,14,18,21H,4-5,10,12H2,1-3H3;3-9H,10H2,1-2H3,(H,24,25);3-11H,2H2,1H3;;/q;;;;+1;-1/t13-,14-,16-,17-,19+,21-,22-,23-,24+;14-,18-;;;;/m01..../s1. The van der Waals surface area contributed by atoms with Crippen LogP contribution in [0.3, 0.4) is 0 Å². The van der Waals surface area contributed by atoms with E-state index in [4.69, 9.17) is 54.5 Å². The molecule has 0 radical (unpaired) electrons. The number of benzene rings is 5. The van der Waals surface area contributed by atoms with Crippen LogP contribution in [0.2, 0.25) is 0 Å². The first-order valence-corrected chi connectivity index (χ1v) is 38.5. The van der Waals surface area contributed by atoms with Crippen molar-refractivity contribution in [3.05, 3.63) is 201 Å². The molecule has 11 atom stereocenters. The van der Waals surface area contributed by atoms with Gasteiger partial charge in [0.2, 0.25) is 5.91 Å². The van der Waals surface area contributed by atoms with E-state index in [0.29, 0.717) is 63.6 Å². The van der Waals surface area contributed by atoms with Crippen LogP contribution < -0.4 is 38.6 Å². The van der Waals surface area contributed by atoms with Gasteiger partial charge in [-0.25, -0.2) is 9.18 Å². The number of rotatable bonds is 15. The number of ether oxygens (including phenoxy) is 4. The Balaban J connectivity index is 0.000000171. The number of Topliss-reactive ketones (excluding diaryl/α,β-unsaturated/α-hetero) is 1. The van der Waals surface area contributed by atoms with Gasteiger partial charge in [-0.2, -0.15) is 25.9 Å². The Hall–Kier alpha value is -8.18. The van der Waals surface area contributed by atoms with Crippen molar-refractivity contribution < 1.29 is 115 Å². The van der Waals surface area contributed by atoms with Gasteiger partial charge in [-0.05, 0) is 180 Å². The minimum absolute atomic E-state index is 0. The minimum atomic E-state index is -6.07. The molecule has 1 saturated heterocycles. The minimum Gasteiger partial charge on any atom is -1.00 e. The molecule has 2 amide bonds. The van der Waals surface area contributed by atoms with Crippen LogP contribution in [0.1, 0.15) is 118 Å². The van der Waals surface area contributed by atoms with Crippen molar-refractivity contribution in [2.24, 2.45) is 33.7 Å². The summed E-state index contributed by atoms with van der Waals surface area (Å²) in [4.78, 5) is 96.4. The van der Waals surface area contributed by atoms with Crippen LogP contribution in [0.25, 0.3) is 37.8 Å². The van der Waals surface area contributed by atoms with E-state index >= 15 is 4.39 Å². The number of allylic oxidation sites excluding steroid dienone is 4. The van der Waals surface area contributed by atoms with E-state index < -0.39 is 88.1 Å². The molecule has 22 nitrogen and oxygen atoms in total. The van der Waals surface area contributed by atoms with E-state index in [9.17, 15) is 60.3 Å². The number of aromatic nitrogens is 2. The fourth-order valence-electron chi connectivity index (χ4n) is 17.4. The van der Waals surface area contributed by atoms with Crippen LogP contribution >= 0.6 is 34.8 Å². The number of alkyl halides is 7. The maximum Gasteiger partial charge on any atom is 1.00 e. The maximum atomic E-state index is 15.6. The van der Waals surface area contributed by atoms with Crippen LogP contribution in [0, 0.1) is 35.5 Å². The maximum absolute atomic E-state index is 15.6. The Morgan fingerprint density at radius 3 is 2.21 bits per heavy atom. The third kappa shape index (κ3) is 15.4. The number of methoxy groups -OCH3 is 1. The summed E-state index contributed by atoms with van der Waals surface area (Å²) in [6.07, 6.45) is 7.24. The van der Waals surface area contributed by atoms with Gasteiger partial charge in [0.1, 0.15) is 11.9 Å². The summed E-state index contributed by atoms with van der Waals surface area (Å²) >= 11 is 20.7. The number of nitrogens with one attached hydrogen (secondary N) is 1. The van der Waals surface area contributed by atoms with Gasteiger partial charge >= 0.3 is 57.2 Å². The number of carbonyl (C=O) groups excluding carboxylic acids is 6. The van der Waals surface area contributed by atoms with E-state index in [2.05, 4.69) is 76.0 Å². The molecule has 0 bridgehead atoms. The number of halogens is 7. The number of anilines is 1. The van der Waals surface area contributed by atoms with Gasteiger partial charge in [0.05, 0.1) is 59.5 Å². The molecule has 0 unspecified atom stereocenters. The molecule has 31 heteroatoms. The quantitative estimate of drug-likeness (QED) is 0.0183. The molecule has 584 valence electrons. The van der Waals surface area contributed by atoms with Crippen molar-refractivity contribution in [2.75, 3.05) is 50.6 Å². The number of carboxylic acids is 1. The van der Waals surface area contributed by atoms with Crippen molar-refractivity contribution >= 4 is 125 Å². The van der Waals surface area contributed by atoms with E-state index in [0.717, 1.165) is 38.2 Å². The summed E-state index contributed by atoms with van der Waals surface area (Å²) in [5.41, 5.74) is 7.47. The van der Waals surface area contributed by atoms with Crippen molar-refractivity contribution in [3.63, 3.8) is 0 Å². The summed E-state index contributed by atoms with van der Waals surface area (Å²) in [5, 5.41) is 14.1. The van der Waals surface area contributed by atoms with Gasteiger partial charge in [0, 0.05) is 92.0 Å². The third-order valence-electron chi connectivity index (χ3n) is 22.5. The van der Waals surface area contributed by atoms with Crippen LogP contribution in [0.4, 0.5) is 33.7 Å². The SMILES string of the molecule is CC1(C)O[C@@H]2C[C@H]3[C@@H]4C[C@H](F)C5=CC(=O)C=C[C@]5(C)[C@@]4(Cl)[C@@H](Cl)C[C@]3(C)[C@]2(C(=O)CCl)O1.CCN(CC)C(=O)[C@@H]1C=C2c3cccc4[nH]cc(c34)C[C@H]2N(C)C1.CCOC(=O)N(c1cccc(C(=O)c2ccccc2)c1)S(=O)(=O)C(F)(F)F.COc1ccc2c(c1)c(CC(=O)O)c(C)n2C(=O)c1ccc(N=[N+]=[N-])cc1.[H-].[Na+]. The molecule has 4 fully saturated rings.